The van der Waals surface area contributed by atoms with Crippen LogP contribution in [0.3, 0.4) is 0 Å². The third-order valence-corrected chi connectivity index (χ3v) is 8.03. The van der Waals surface area contributed by atoms with Crippen LogP contribution in [0, 0.1) is 11.5 Å². The highest BCUT2D eigenvalue weighted by molar-refractivity contribution is 6.87. The summed E-state index contributed by atoms with van der Waals surface area (Å²) in [6, 6.07) is 3.68. The number of aliphatic hydroxyl groups is 1. The smallest absolute Gasteiger partial charge is 0.137 e. The van der Waals surface area contributed by atoms with E-state index in [1.165, 1.54) is 18.1 Å². The van der Waals surface area contributed by atoms with Crippen LogP contribution in [0.1, 0.15) is 33.6 Å². The van der Waals surface area contributed by atoms with E-state index in [0.29, 0.717) is 0 Å². The van der Waals surface area contributed by atoms with Gasteiger partial charge in [0.05, 0.1) is 0 Å². The molecule has 0 atom stereocenters. The predicted molar refractivity (Wildman–Crippen MR) is 59.2 cm³/mol. The second-order valence-electron chi connectivity index (χ2n) is 4.12. The molecule has 1 aliphatic rings. The molecule has 1 N–H and O–H groups in total. The van der Waals surface area contributed by atoms with Crippen molar-refractivity contribution in [1.82, 2.24) is 0 Å². The summed E-state index contributed by atoms with van der Waals surface area (Å²) < 4.78 is 0. The van der Waals surface area contributed by atoms with Crippen LogP contribution in [-0.2, 0) is 0 Å². The summed E-state index contributed by atoms with van der Waals surface area (Å²) in [5.74, 6) is 3.09. The first-order valence-electron chi connectivity index (χ1n) is 5.36. The molecule has 1 saturated carbocycles. The Bertz CT molecular complexity index is 220. The fraction of sp³-hybridized carbons (Fsp3) is 0.818. The van der Waals surface area contributed by atoms with Crippen molar-refractivity contribution in [3.63, 3.8) is 0 Å². The molecule has 0 spiro atoms. The van der Waals surface area contributed by atoms with Crippen molar-refractivity contribution < 1.29 is 5.11 Å². The van der Waals surface area contributed by atoms with Gasteiger partial charge in [-0.05, 0) is 31.0 Å². The van der Waals surface area contributed by atoms with Gasteiger partial charge in [0, 0.05) is 0 Å². The van der Waals surface area contributed by atoms with E-state index in [9.17, 15) is 5.11 Å². The van der Waals surface area contributed by atoms with Gasteiger partial charge >= 0.3 is 0 Å². The van der Waals surface area contributed by atoms with E-state index >= 15 is 0 Å². The summed E-state index contributed by atoms with van der Waals surface area (Å²) in [4.78, 5) is 0. The molecule has 0 amide bonds. The van der Waals surface area contributed by atoms with E-state index in [0.717, 1.165) is 12.8 Å². The zero-order valence-corrected chi connectivity index (χ0v) is 9.98. The molecule has 0 aromatic rings. The molecule has 0 radical (unpaired) electrons. The van der Waals surface area contributed by atoms with Crippen LogP contribution in [0.15, 0.2) is 0 Å². The lowest BCUT2D eigenvalue weighted by molar-refractivity contribution is 0.212. The van der Waals surface area contributed by atoms with Crippen molar-refractivity contribution in [3.8, 4) is 11.5 Å². The molecular weight excluding hydrogens is 176 g/mol. The Balaban J connectivity index is 2.69. The molecule has 0 aromatic carbocycles. The molecule has 1 nitrogen and oxygen atoms in total. The first-order valence-corrected chi connectivity index (χ1v) is 7.98. The third kappa shape index (κ3) is 2.59. The summed E-state index contributed by atoms with van der Waals surface area (Å²) in [6.45, 7) is 6.72. The zero-order valence-electron chi connectivity index (χ0n) is 8.98. The van der Waals surface area contributed by atoms with Crippen LogP contribution in [0.2, 0.25) is 18.1 Å². The van der Waals surface area contributed by atoms with Crippen molar-refractivity contribution in [2.45, 2.75) is 57.3 Å². The maximum Gasteiger partial charge on any atom is 0.137 e. The van der Waals surface area contributed by atoms with Gasteiger partial charge in [-0.2, -0.15) is 0 Å². The average Bonchev–Trinajstić information content (AvgIpc) is 2.88. The minimum Gasteiger partial charge on any atom is -0.378 e. The lowest BCUT2D eigenvalue weighted by Crippen LogP contribution is -2.30. The van der Waals surface area contributed by atoms with Crippen LogP contribution in [-0.4, -0.2) is 18.8 Å². The predicted octanol–water partition coefficient (Wildman–Crippen LogP) is 2.56. The van der Waals surface area contributed by atoms with Crippen molar-refractivity contribution in [2.24, 2.45) is 0 Å². The summed E-state index contributed by atoms with van der Waals surface area (Å²) in [6.07, 6.45) is 1.78. The minimum atomic E-state index is -1.31. The van der Waals surface area contributed by atoms with Crippen molar-refractivity contribution in [2.75, 3.05) is 0 Å². The minimum absolute atomic E-state index is 0.572. The molecule has 0 saturated heterocycles. The monoisotopic (exact) mass is 196 g/mol. The summed E-state index contributed by atoms with van der Waals surface area (Å²) >= 11 is 0. The Morgan fingerprint density at radius 1 is 1.15 bits per heavy atom. The first kappa shape index (κ1) is 10.8. The van der Waals surface area contributed by atoms with E-state index in [-0.39, 0.29) is 0 Å². The Hall–Kier alpha value is -0.263. The van der Waals surface area contributed by atoms with Crippen LogP contribution in [0.5, 0.6) is 0 Å². The molecule has 2 heteroatoms. The highest BCUT2D eigenvalue weighted by atomic mass is 28.3. The van der Waals surface area contributed by atoms with E-state index in [2.05, 4.69) is 32.2 Å². The van der Waals surface area contributed by atoms with Gasteiger partial charge in [-0.25, -0.2) is 0 Å². The SMILES string of the molecule is CC[Si](C#CC1(O)CC1)(CC)CC. The summed E-state index contributed by atoms with van der Waals surface area (Å²) in [7, 11) is -1.31. The Kier molecular flexibility index (Phi) is 3.21. The van der Waals surface area contributed by atoms with Crippen LogP contribution >= 0.6 is 0 Å². The van der Waals surface area contributed by atoms with E-state index in [4.69, 9.17) is 0 Å². The molecular formula is C11H20OSi. The van der Waals surface area contributed by atoms with Crippen LogP contribution in [0.25, 0.3) is 0 Å². The average molecular weight is 196 g/mol. The molecule has 1 aliphatic carbocycles. The van der Waals surface area contributed by atoms with Crippen molar-refractivity contribution in [1.29, 1.82) is 0 Å². The first-order chi connectivity index (χ1) is 6.10. The largest absolute Gasteiger partial charge is 0.378 e. The number of hydrogen-bond donors (Lipinski definition) is 1. The van der Waals surface area contributed by atoms with E-state index in [1.54, 1.807) is 0 Å². The molecule has 74 valence electrons. The van der Waals surface area contributed by atoms with Crippen LogP contribution < -0.4 is 0 Å². The van der Waals surface area contributed by atoms with Crippen molar-refractivity contribution in [3.05, 3.63) is 0 Å². The fourth-order valence-electron chi connectivity index (χ4n) is 1.51. The van der Waals surface area contributed by atoms with Gasteiger partial charge in [0.2, 0.25) is 0 Å². The maximum absolute atomic E-state index is 9.63. The molecule has 13 heavy (non-hydrogen) atoms. The Morgan fingerprint density at radius 3 is 1.92 bits per heavy atom. The summed E-state index contributed by atoms with van der Waals surface area (Å²) in [5.41, 5.74) is 2.85. The lowest BCUT2D eigenvalue weighted by Gasteiger charge is -2.20. The summed E-state index contributed by atoms with van der Waals surface area (Å²) in [5, 5.41) is 9.63. The van der Waals surface area contributed by atoms with Gasteiger partial charge in [0.1, 0.15) is 13.7 Å². The highest BCUT2D eigenvalue weighted by Gasteiger charge is 2.39. The standard InChI is InChI=1S/C11H20OSi/c1-4-13(5-2,6-3)10-9-11(12)7-8-11/h12H,4-8H2,1-3H3. The second-order valence-corrected chi connectivity index (χ2v) is 9.05. The van der Waals surface area contributed by atoms with Gasteiger partial charge in [-0.3, -0.25) is 0 Å². The van der Waals surface area contributed by atoms with E-state index < -0.39 is 13.7 Å². The number of rotatable bonds is 3. The Labute approximate surface area is 82.6 Å². The lowest BCUT2D eigenvalue weighted by atomic mass is 10.4. The molecule has 0 heterocycles. The molecule has 1 fully saturated rings. The van der Waals surface area contributed by atoms with Gasteiger partial charge in [-0.1, -0.05) is 26.7 Å². The van der Waals surface area contributed by atoms with Gasteiger partial charge in [-0.15, -0.1) is 5.54 Å². The van der Waals surface area contributed by atoms with Gasteiger partial charge < -0.3 is 5.11 Å². The second kappa shape index (κ2) is 3.85. The zero-order chi connectivity index (χ0) is 9.95. The van der Waals surface area contributed by atoms with Crippen LogP contribution in [0.4, 0.5) is 0 Å². The third-order valence-electron chi connectivity index (χ3n) is 3.31. The van der Waals surface area contributed by atoms with Gasteiger partial charge in [0.25, 0.3) is 0 Å². The highest BCUT2D eigenvalue weighted by Crippen LogP contribution is 2.34. The quantitative estimate of drug-likeness (QED) is 0.543. The van der Waals surface area contributed by atoms with E-state index in [1.807, 2.05) is 0 Å². The maximum atomic E-state index is 9.63. The molecule has 1 rings (SSSR count). The molecule has 0 aliphatic heterocycles. The normalized spacial score (nSPS) is 19.1. The fourth-order valence-corrected chi connectivity index (χ4v) is 4.04. The number of hydrogen-bond acceptors (Lipinski definition) is 1. The molecule has 0 aromatic heterocycles. The molecule has 0 unspecified atom stereocenters. The topological polar surface area (TPSA) is 20.2 Å². The Morgan fingerprint density at radius 2 is 1.62 bits per heavy atom. The molecule has 0 bridgehead atoms. The van der Waals surface area contributed by atoms with Crippen molar-refractivity contribution >= 4 is 8.07 Å². The van der Waals surface area contributed by atoms with Gasteiger partial charge in [0.15, 0.2) is 0 Å².